The summed E-state index contributed by atoms with van der Waals surface area (Å²) in [7, 11) is 0. The molecule has 0 spiro atoms. The number of alkyl halides is 1. The van der Waals surface area contributed by atoms with Crippen molar-refractivity contribution < 1.29 is 14.0 Å². The first-order chi connectivity index (χ1) is 13.4. The lowest BCUT2D eigenvalue weighted by Crippen LogP contribution is -2.54. The summed E-state index contributed by atoms with van der Waals surface area (Å²) < 4.78 is 14.2. The van der Waals surface area contributed by atoms with Crippen LogP contribution in [-0.4, -0.2) is 57.2 Å². The number of nitrogens with two attached hydrogens (primary N) is 1. The van der Waals surface area contributed by atoms with Crippen LogP contribution < -0.4 is 16.6 Å². The summed E-state index contributed by atoms with van der Waals surface area (Å²) in [5.74, 6) is -0.421. The van der Waals surface area contributed by atoms with E-state index in [1.165, 1.54) is 0 Å². The maximum absolute atomic E-state index is 14.2. The predicted octanol–water partition coefficient (Wildman–Crippen LogP) is 0.315. The second-order valence-electron chi connectivity index (χ2n) is 7.66. The topological polar surface area (TPSA) is 134 Å². The van der Waals surface area contributed by atoms with Gasteiger partial charge >= 0.3 is 0 Å². The number of amides is 2. The third-order valence-corrected chi connectivity index (χ3v) is 5.40. The standard InChI is InChI=1S/C18H27FN6O3/c19-12-8-13(10-25(9-12)17(28)11-4-2-1-3-5-11)21-15(26)7-6-14-16(27)22-18(20)24-23-14/h11-13H,1-10H2,(H,21,26)(H3,20,22,24,27)/t12-,13+/m1/s1. The van der Waals surface area contributed by atoms with Crippen molar-refractivity contribution in [3.63, 3.8) is 0 Å². The van der Waals surface area contributed by atoms with Crippen LogP contribution in [0.2, 0.25) is 0 Å². The van der Waals surface area contributed by atoms with Gasteiger partial charge in [0.25, 0.3) is 5.56 Å². The molecule has 2 heterocycles. The summed E-state index contributed by atoms with van der Waals surface area (Å²) in [6, 6.07) is -0.431. The Balaban J connectivity index is 1.51. The van der Waals surface area contributed by atoms with Crippen molar-refractivity contribution in [3.05, 3.63) is 16.0 Å². The number of aromatic amines is 1. The van der Waals surface area contributed by atoms with Crippen molar-refractivity contribution in [2.45, 2.75) is 63.6 Å². The summed E-state index contributed by atoms with van der Waals surface area (Å²) in [6.45, 7) is 0.419. The number of aryl methyl sites for hydroxylation is 1. The Bertz CT molecular complexity index is 764. The van der Waals surface area contributed by atoms with Gasteiger partial charge in [-0.05, 0) is 12.8 Å². The van der Waals surface area contributed by atoms with Crippen LogP contribution in [0.3, 0.4) is 0 Å². The molecule has 0 unspecified atom stereocenters. The van der Waals surface area contributed by atoms with Crippen molar-refractivity contribution in [2.75, 3.05) is 18.8 Å². The molecule has 1 saturated carbocycles. The number of hydrogen-bond donors (Lipinski definition) is 3. The molecule has 1 aromatic rings. The van der Waals surface area contributed by atoms with Crippen molar-refractivity contribution in [3.8, 4) is 0 Å². The predicted molar refractivity (Wildman–Crippen MR) is 100.0 cm³/mol. The number of hydrogen-bond acceptors (Lipinski definition) is 6. The van der Waals surface area contributed by atoms with Crippen LogP contribution >= 0.6 is 0 Å². The number of nitrogens with one attached hydrogen (secondary N) is 2. The first-order valence-electron chi connectivity index (χ1n) is 9.86. The number of H-pyrrole nitrogens is 1. The van der Waals surface area contributed by atoms with Crippen LogP contribution in [0, 0.1) is 5.92 Å². The average molecular weight is 394 g/mol. The number of piperidine rings is 1. The number of anilines is 1. The number of carbonyl (C=O) groups is 2. The van der Waals surface area contributed by atoms with Gasteiger partial charge in [0.15, 0.2) is 0 Å². The average Bonchev–Trinajstić information content (AvgIpc) is 2.67. The number of nitrogens with zero attached hydrogens (tertiary/aromatic N) is 3. The highest BCUT2D eigenvalue weighted by Gasteiger charge is 2.34. The molecule has 10 heteroatoms. The highest BCUT2D eigenvalue weighted by Crippen LogP contribution is 2.27. The molecule has 1 aliphatic carbocycles. The van der Waals surface area contributed by atoms with Crippen molar-refractivity contribution in [1.82, 2.24) is 25.4 Å². The Morgan fingerprint density at radius 1 is 1.21 bits per heavy atom. The van der Waals surface area contributed by atoms with Crippen LogP contribution in [-0.2, 0) is 16.0 Å². The number of halogens is 1. The van der Waals surface area contributed by atoms with E-state index in [0.717, 1.165) is 32.1 Å². The second kappa shape index (κ2) is 9.11. The number of rotatable bonds is 5. The molecule has 2 atom stereocenters. The SMILES string of the molecule is Nc1nnc(CCC(=O)N[C@H]2C[C@@H](F)CN(C(=O)C3CCCCC3)C2)c(=O)[nH]1. The number of likely N-dealkylation sites (tertiary alicyclic amines) is 1. The molecule has 9 nitrogen and oxygen atoms in total. The molecule has 0 radical (unpaired) electrons. The van der Waals surface area contributed by atoms with Gasteiger partial charge in [0.05, 0.1) is 6.54 Å². The van der Waals surface area contributed by atoms with E-state index >= 15 is 0 Å². The van der Waals surface area contributed by atoms with E-state index in [-0.39, 0.29) is 55.2 Å². The third-order valence-electron chi connectivity index (χ3n) is 5.40. The van der Waals surface area contributed by atoms with E-state index in [1.807, 2.05) is 0 Å². The van der Waals surface area contributed by atoms with Crippen molar-refractivity contribution >= 4 is 17.8 Å². The molecule has 4 N–H and O–H groups in total. The zero-order chi connectivity index (χ0) is 20.1. The van der Waals surface area contributed by atoms with E-state index < -0.39 is 17.8 Å². The Kier molecular flexibility index (Phi) is 6.58. The minimum absolute atomic E-state index is 0.00461. The quantitative estimate of drug-likeness (QED) is 0.658. The summed E-state index contributed by atoms with van der Waals surface area (Å²) in [5.41, 5.74) is 4.97. The molecule has 154 valence electrons. The normalized spacial score (nSPS) is 23.4. The molecule has 2 amide bonds. The van der Waals surface area contributed by atoms with Gasteiger partial charge < -0.3 is 16.0 Å². The van der Waals surface area contributed by atoms with Crippen molar-refractivity contribution in [2.24, 2.45) is 5.92 Å². The molecule has 1 saturated heterocycles. The minimum atomic E-state index is -1.16. The van der Waals surface area contributed by atoms with Crippen LogP contribution in [0.5, 0.6) is 0 Å². The lowest BCUT2D eigenvalue weighted by atomic mass is 9.87. The highest BCUT2D eigenvalue weighted by atomic mass is 19.1. The molecule has 1 aromatic heterocycles. The van der Waals surface area contributed by atoms with Crippen LogP contribution in [0.4, 0.5) is 10.3 Å². The minimum Gasteiger partial charge on any atom is -0.368 e. The monoisotopic (exact) mass is 394 g/mol. The summed E-state index contributed by atoms with van der Waals surface area (Å²) in [6.07, 6.45) is 4.10. The molecule has 28 heavy (non-hydrogen) atoms. The second-order valence-corrected chi connectivity index (χ2v) is 7.66. The Labute approximate surface area is 162 Å². The van der Waals surface area contributed by atoms with E-state index in [9.17, 15) is 18.8 Å². The fourth-order valence-electron chi connectivity index (χ4n) is 4.00. The van der Waals surface area contributed by atoms with E-state index in [1.54, 1.807) is 4.90 Å². The molecule has 3 rings (SSSR count). The fraction of sp³-hybridized carbons (Fsp3) is 0.722. The third kappa shape index (κ3) is 5.26. The summed E-state index contributed by atoms with van der Waals surface area (Å²) in [4.78, 5) is 40.5. The first kappa shape index (κ1) is 20.2. The maximum atomic E-state index is 14.2. The summed E-state index contributed by atoms with van der Waals surface area (Å²) >= 11 is 0. The van der Waals surface area contributed by atoms with E-state index in [2.05, 4.69) is 20.5 Å². The Morgan fingerprint density at radius 2 is 1.96 bits per heavy atom. The van der Waals surface area contributed by atoms with E-state index in [0.29, 0.717) is 6.54 Å². The molecule has 0 aromatic carbocycles. The van der Waals surface area contributed by atoms with Gasteiger partial charge in [-0.1, -0.05) is 19.3 Å². The molecule has 0 bridgehead atoms. The lowest BCUT2D eigenvalue weighted by molar-refractivity contribution is -0.140. The van der Waals surface area contributed by atoms with Gasteiger partial charge in [-0.25, -0.2) is 4.39 Å². The molecular weight excluding hydrogens is 367 g/mol. The summed E-state index contributed by atoms with van der Waals surface area (Å²) in [5, 5.41) is 10.0. The zero-order valence-electron chi connectivity index (χ0n) is 15.8. The van der Waals surface area contributed by atoms with Gasteiger partial charge in [0.2, 0.25) is 17.8 Å². The van der Waals surface area contributed by atoms with Crippen LogP contribution in [0.25, 0.3) is 0 Å². The van der Waals surface area contributed by atoms with Gasteiger partial charge in [-0.3, -0.25) is 19.4 Å². The van der Waals surface area contributed by atoms with Gasteiger partial charge in [0, 0.05) is 37.8 Å². The number of aromatic nitrogens is 3. The molecule has 2 fully saturated rings. The molecular formula is C18H27FN6O3. The lowest BCUT2D eigenvalue weighted by Gasteiger charge is -2.37. The zero-order valence-corrected chi connectivity index (χ0v) is 15.8. The van der Waals surface area contributed by atoms with Crippen LogP contribution in [0.1, 0.15) is 50.6 Å². The highest BCUT2D eigenvalue weighted by molar-refractivity contribution is 5.79. The largest absolute Gasteiger partial charge is 0.368 e. The Hall–Kier alpha value is -2.52. The van der Waals surface area contributed by atoms with Crippen LogP contribution in [0.15, 0.2) is 4.79 Å². The maximum Gasteiger partial charge on any atom is 0.274 e. The van der Waals surface area contributed by atoms with E-state index in [4.69, 9.17) is 5.73 Å². The van der Waals surface area contributed by atoms with Gasteiger partial charge in [0.1, 0.15) is 11.9 Å². The van der Waals surface area contributed by atoms with Gasteiger partial charge in [-0.2, -0.15) is 0 Å². The molecule has 2 aliphatic rings. The van der Waals surface area contributed by atoms with Crippen molar-refractivity contribution in [1.29, 1.82) is 0 Å². The number of nitrogen functional groups attached to an aromatic ring is 1. The van der Waals surface area contributed by atoms with Gasteiger partial charge in [-0.15, -0.1) is 10.2 Å². The first-order valence-corrected chi connectivity index (χ1v) is 9.86. The number of carbonyl (C=O) groups excluding carboxylic acids is 2. The Morgan fingerprint density at radius 3 is 2.68 bits per heavy atom. The molecule has 1 aliphatic heterocycles. The fourth-order valence-corrected chi connectivity index (χ4v) is 4.00. The smallest absolute Gasteiger partial charge is 0.274 e.